The van der Waals surface area contributed by atoms with Gasteiger partial charge in [0.1, 0.15) is 11.6 Å². The third kappa shape index (κ3) is 3.57. The minimum Gasteiger partial charge on any atom is -0.337 e. The van der Waals surface area contributed by atoms with Crippen molar-refractivity contribution in [2.24, 2.45) is 5.10 Å². The van der Waals surface area contributed by atoms with Gasteiger partial charge >= 0.3 is 6.03 Å². The zero-order valence-corrected chi connectivity index (χ0v) is 14.5. The predicted molar refractivity (Wildman–Crippen MR) is 95.3 cm³/mol. The molecule has 0 radical (unpaired) electrons. The summed E-state index contributed by atoms with van der Waals surface area (Å²) in [6.07, 6.45) is 5.38. The van der Waals surface area contributed by atoms with E-state index in [1.165, 1.54) is 17.1 Å². The normalized spacial score (nSPS) is 19.6. The van der Waals surface area contributed by atoms with Gasteiger partial charge < -0.3 is 9.80 Å². The lowest BCUT2D eigenvalue weighted by atomic mass is 10.0. The minimum absolute atomic E-state index is 0.271. The Kier molecular flexibility index (Phi) is 4.66. The Morgan fingerprint density at radius 1 is 1.00 bits per heavy atom. The molecule has 0 spiro atoms. The maximum atomic E-state index is 13.6. The largest absolute Gasteiger partial charge is 0.341 e. The van der Waals surface area contributed by atoms with E-state index in [4.69, 9.17) is 0 Å². The van der Waals surface area contributed by atoms with Crippen LogP contribution in [0.4, 0.5) is 19.5 Å². The molecule has 1 aromatic heterocycles. The molecule has 27 heavy (non-hydrogen) atoms. The number of carbonyl (C=O) groups excluding carboxylic acids is 1. The van der Waals surface area contributed by atoms with Crippen LogP contribution in [-0.2, 0) is 0 Å². The SMILES string of the molecule is O=C(N1CCN(c2ncccn2)CC1)N1N=CC[C@H]1c1cc(F)cc(F)c1. The number of anilines is 1. The smallest absolute Gasteiger partial charge is 0.337 e. The monoisotopic (exact) mass is 372 g/mol. The maximum Gasteiger partial charge on any atom is 0.341 e. The van der Waals surface area contributed by atoms with Gasteiger partial charge in [0, 0.05) is 57.3 Å². The second-order valence-electron chi connectivity index (χ2n) is 6.40. The number of rotatable bonds is 2. The molecule has 2 amide bonds. The van der Waals surface area contributed by atoms with E-state index in [0.717, 1.165) is 6.07 Å². The lowest BCUT2D eigenvalue weighted by Crippen LogP contribution is -2.52. The molecule has 140 valence electrons. The molecule has 1 atom stereocenters. The molecule has 2 aliphatic rings. The van der Waals surface area contributed by atoms with E-state index in [1.54, 1.807) is 29.6 Å². The first-order valence-electron chi connectivity index (χ1n) is 8.70. The highest BCUT2D eigenvalue weighted by Gasteiger charge is 2.33. The molecule has 9 heteroatoms. The molecule has 7 nitrogen and oxygen atoms in total. The van der Waals surface area contributed by atoms with Crippen molar-refractivity contribution in [3.63, 3.8) is 0 Å². The van der Waals surface area contributed by atoms with Crippen LogP contribution in [0.15, 0.2) is 41.8 Å². The Balaban J connectivity index is 1.44. The number of hydrogen-bond acceptors (Lipinski definition) is 5. The molecular formula is C18H18F2N6O. The van der Waals surface area contributed by atoms with Gasteiger partial charge in [-0.1, -0.05) is 0 Å². The number of hydrogen-bond donors (Lipinski definition) is 0. The molecule has 1 fully saturated rings. The van der Waals surface area contributed by atoms with Crippen molar-refractivity contribution >= 4 is 18.2 Å². The summed E-state index contributed by atoms with van der Waals surface area (Å²) in [5, 5.41) is 5.45. The molecule has 2 aromatic rings. The van der Waals surface area contributed by atoms with Crippen LogP contribution < -0.4 is 4.90 Å². The molecule has 0 unspecified atom stereocenters. The van der Waals surface area contributed by atoms with Crippen LogP contribution in [0.1, 0.15) is 18.0 Å². The number of carbonyl (C=O) groups is 1. The van der Waals surface area contributed by atoms with E-state index < -0.39 is 17.7 Å². The van der Waals surface area contributed by atoms with Crippen molar-refractivity contribution in [1.29, 1.82) is 0 Å². The predicted octanol–water partition coefficient (Wildman–Crippen LogP) is 2.43. The number of halogens is 2. The highest BCUT2D eigenvalue weighted by atomic mass is 19.1. The molecule has 4 rings (SSSR count). The Labute approximate surface area is 154 Å². The van der Waals surface area contributed by atoms with E-state index in [9.17, 15) is 13.6 Å². The highest BCUT2D eigenvalue weighted by molar-refractivity contribution is 5.78. The van der Waals surface area contributed by atoms with Crippen LogP contribution in [0.5, 0.6) is 0 Å². The summed E-state index contributed by atoms with van der Waals surface area (Å²) in [6.45, 7) is 2.19. The maximum absolute atomic E-state index is 13.6. The van der Waals surface area contributed by atoms with Gasteiger partial charge in [0.05, 0.1) is 6.04 Å². The van der Waals surface area contributed by atoms with Gasteiger partial charge in [0.2, 0.25) is 5.95 Å². The first-order chi connectivity index (χ1) is 13.1. The van der Waals surface area contributed by atoms with Gasteiger partial charge in [-0.2, -0.15) is 5.10 Å². The highest BCUT2D eigenvalue weighted by Crippen LogP contribution is 2.30. The molecular weight excluding hydrogens is 354 g/mol. The van der Waals surface area contributed by atoms with Gasteiger partial charge in [0.25, 0.3) is 0 Å². The fraction of sp³-hybridized carbons (Fsp3) is 0.333. The minimum atomic E-state index is -0.666. The third-order valence-corrected chi connectivity index (χ3v) is 4.68. The lowest BCUT2D eigenvalue weighted by Gasteiger charge is -2.37. The standard InChI is InChI=1S/C18H18F2N6O/c19-14-10-13(11-15(20)12-14)16-2-5-23-26(16)18(27)25-8-6-24(7-9-25)17-21-3-1-4-22-17/h1,3-5,10-12,16H,2,6-9H2/t16-/m0/s1. The van der Waals surface area contributed by atoms with Gasteiger partial charge in [-0.25, -0.2) is 28.6 Å². The summed E-state index contributed by atoms with van der Waals surface area (Å²) in [7, 11) is 0. The van der Waals surface area contributed by atoms with Crippen molar-refractivity contribution in [1.82, 2.24) is 19.9 Å². The zero-order chi connectivity index (χ0) is 18.8. The molecule has 1 saturated heterocycles. The summed E-state index contributed by atoms with van der Waals surface area (Å²) < 4.78 is 27.1. The number of hydrazone groups is 1. The second kappa shape index (κ2) is 7.26. The van der Waals surface area contributed by atoms with Gasteiger partial charge in [0.15, 0.2) is 0 Å². The number of aromatic nitrogens is 2. The molecule has 0 bridgehead atoms. The molecule has 1 aromatic carbocycles. The number of piperazine rings is 1. The average molecular weight is 372 g/mol. The van der Waals surface area contributed by atoms with Crippen molar-refractivity contribution in [2.45, 2.75) is 12.5 Å². The van der Waals surface area contributed by atoms with E-state index in [1.807, 2.05) is 4.90 Å². The summed E-state index contributed by atoms with van der Waals surface area (Å²) >= 11 is 0. The van der Waals surface area contributed by atoms with Crippen molar-refractivity contribution in [2.75, 3.05) is 31.1 Å². The summed E-state index contributed by atoms with van der Waals surface area (Å²) in [5.41, 5.74) is 0.398. The van der Waals surface area contributed by atoms with E-state index in [2.05, 4.69) is 15.1 Å². The van der Waals surface area contributed by atoms with E-state index in [-0.39, 0.29) is 6.03 Å². The number of nitrogens with zero attached hydrogens (tertiary/aromatic N) is 6. The topological polar surface area (TPSA) is 64.9 Å². The summed E-state index contributed by atoms with van der Waals surface area (Å²) in [6, 6.07) is 4.28. The van der Waals surface area contributed by atoms with Crippen LogP contribution in [0.2, 0.25) is 0 Å². The van der Waals surface area contributed by atoms with Crippen LogP contribution in [0, 0.1) is 11.6 Å². The van der Waals surface area contributed by atoms with Crippen LogP contribution in [0.25, 0.3) is 0 Å². The summed E-state index contributed by atoms with van der Waals surface area (Å²) in [5.74, 6) is -0.696. The van der Waals surface area contributed by atoms with Crippen LogP contribution in [-0.4, -0.2) is 58.3 Å². The average Bonchev–Trinajstić information content (AvgIpc) is 3.17. The zero-order valence-electron chi connectivity index (χ0n) is 14.5. The Morgan fingerprint density at radius 2 is 1.67 bits per heavy atom. The van der Waals surface area contributed by atoms with Crippen LogP contribution >= 0.6 is 0 Å². The second-order valence-corrected chi connectivity index (χ2v) is 6.40. The molecule has 0 saturated carbocycles. The molecule has 3 heterocycles. The first kappa shape index (κ1) is 17.3. The number of amides is 2. The molecule has 0 aliphatic carbocycles. The Bertz CT molecular complexity index is 834. The Morgan fingerprint density at radius 3 is 2.33 bits per heavy atom. The van der Waals surface area contributed by atoms with Gasteiger partial charge in [-0.3, -0.25) is 0 Å². The lowest BCUT2D eigenvalue weighted by molar-refractivity contribution is 0.139. The quantitative estimate of drug-likeness (QED) is 0.812. The van der Waals surface area contributed by atoms with Crippen molar-refractivity contribution in [3.05, 3.63) is 53.9 Å². The van der Waals surface area contributed by atoms with E-state index in [0.29, 0.717) is 44.1 Å². The first-order valence-corrected chi connectivity index (χ1v) is 8.70. The number of benzene rings is 1. The van der Waals surface area contributed by atoms with Gasteiger partial charge in [-0.05, 0) is 23.8 Å². The third-order valence-electron chi connectivity index (χ3n) is 4.68. The Hall–Kier alpha value is -3.10. The van der Waals surface area contributed by atoms with Crippen molar-refractivity contribution < 1.29 is 13.6 Å². The van der Waals surface area contributed by atoms with Gasteiger partial charge in [-0.15, -0.1) is 0 Å². The van der Waals surface area contributed by atoms with Crippen molar-refractivity contribution in [3.8, 4) is 0 Å². The van der Waals surface area contributed by atoms with E-state index >= 15 is 0 Å². The number of urea groups is 1. The molecule has 0 N–H and O–H groups in total. The fourth-order valence-electron chi connectivity index (χ4n) is 3.34. The van der Waals surface area contributed by atoms with Crippen LogP contribution in [0.3, 0.4) is 0 Å². The molecule has 2 aliphatic heterocycles. The summed E-state index contributed by atoms with van der Waals surface area (Å²) in [4.78, 5) is 25.0. The fourth-order valence-corrected chi connectivity index (χ4v) is 3.34.